The van der Waals surface area contributed by atoms with Crippen molar-refractivity contribution in [2.45, 2.75) is 18.0 Å². The van der Waals surface area contributed by atoms with Gasteiger partial charge in [0, 0.05) is 56.4 Å². The van der Waals surface area contributed by atoms with Crippen molar-refractivity contribution in [3.05, 3.63) is 324 Å². The highest BCUT2D eigenvalue weighted by Crippen LogP contribution is 2.27. The first-order valence-corrected chi connectivity index (χ1v) is 35.4. The maximum Gasteiger partial charge on any atom is 0.338 e. The molecule has 0 aliphatic carbocycles. The number of nitrogen functional groups attached to an aromatic ring is 5. The lowest BCUT2D eigenvalue weighted by atomic mass is 10.2. The molecular formula is C75H68BrCl2N23O5S. The maximum absolute atomic E-state index is 12.4. The number of carbonyl (C=O) groups excluding carboxylic acids is 2. The van der Waals surface area contributed by atoms with Crippen molar-refractivity contribution in [3.63, 3.8) is 0 Å². The van der Waals surface area contributed by atoms with Crippen molar-refractivity contribution in [2.24, 2.45) is 0 Å². The molecule has 540 valence electrons. The highest BCUT2D eigenvalue weighted by Gasteiger charge is 2.19. The van der Waals surface area contributed by atoms with Crippen LogP contribution in [-0.4, -0.2) is 78.8 Å². The van der Waals surface area contributed by atoms with Crippen molar-refractivity contribution in [1.29, 1.82) is 0 Å². The Morgan fingerprint density at radius 2 is 0.794 bits per heavy atom. The number of anilines is 6. The first kappa shape index (κ1) is 74.5. The average Bonchev–Trinajstić information content (AvgIpc) is 1.79. The molecule has 15 aromatic rings. The van der Waals surface area contributed by atoms with Crippen molar-refractivity contribution in [1.82, 2.24) is 58.4 Å². The predicted octanol–water partition coefficient (Wildman–Crippen LogP) is 13.7. The van der Waals surface area contributed by atoms with Crippen LogP contribution in [0, 0.1) is 0 Å². The molecule has 0 bridgehead atoms. The Hall–Kier alpha value is -13.7. The standard InChI is InChI=1S/C16H13Cl2N5O.C16H16N4.C15H13BrN4O2S.C15H15N5.C13H11N5O2/c17-12-7-6-11(8-13(12)18)20-16(24)22-23-9-14(21-15(23)19)10-4-2-1-3-5-10;17-16-19-15(14-9-5-2-6-10-14)12-20(16)18-11-13-7-3-1-4-8-13;16-12-6-8-13(9-7-12)23(21,22)19-20-10-14(18-15(20)17)11-4-2-1-3-5-11;16-15-19-14(13-4-2-1-3-5-13)11-20(15)18-10-12-6-8-17-9-7-12;14-13-16-10(9-4-2-1-3-5-9)8-18(13)17-12(19)11-6-7-15-20-11/h1-9H,(H2,19,21)(H2,20,22,24);1-10,12,18H,11H2,(H2,17,19);1-10,19H,(H2,17,18);1-9,11,18H,10H2,(H2,16,19);1-8H,(H2,14,16)(H,17,19). The average molecular weight is 1550 g/mol. The predicted molar refractivity (Wildman–Crippen MR) is 423 cm³/mol. The third-order valence-corrected chi connectivity index (χ3v) is 17.7. The van der Waals surface area contributed by atoms with Gasteiger partial charge in [0.25, 0.3) is 10.0 Å². The number of hydrogen-bond acceptors (Lipinski definition) is 19. The molecule has 0 aliphatic heterocycles. The van der Waals surface area contributed by atoms with Crippen LogP contribution in [0.15, 0.2) is 306 Å². The zero-order chi connectivity index (χ0) is 75.1. The van der Waals surface area contributed by atoms with E-state index in [4.69, 9.17) is 56.4 Å². The van der Waals surface area contributed by atoms with Crippen LogP contribution in [0.25, 0.3) is 56.3 Å². The molecule has 15 rings (SSSR count). The van der Waals surface area contributed by atoms with Gasteiger partial charge in [0.15, 0.2) is 0 Å². The SMILES string of the molecule is Nc1nc(-c2ccccc2)cn1NC(=O)Nc1ccc(Cl)c(Cl)c1.Nc1nc(-c2ccccc2)cn1NC(=O)c1ccno1.Nc1nc(-c2ccccc2)cn1NCc1ccccc1.Nc1nc(-c2ccccc2)cn1NCc1ccncc1.Nc1nc(-c2ccccc2)cn1NS(=O)(=O)c1ccc(Br)cc1. The summed E-state index contributed by atoms with van der Waals surface area (Å²) in [6.45, 7) is 1.37. The number of carbonyl (C=O) groups is 2. The monoisotopic (exact) mass is 1550 g/mol. The van der Waals surface area contributed by atoms with Crippen LogP contribution < -0.4 is 60.5 Å². The molecule has 0 fully saturated rings. The molecule has 0 saturated heterocycles. The molecule has 28 nitrogen and oxygen atoms in total. The minimum absolute atomic E-state index is 0.0598. The van der Waals surface area contributed by atoms with Gasteiger partial charge in [0.2, 0.25) is 35.5 Å². The van der Waals surface area contributed by atoms with Crippen LogP contribution in [0.3, 0.4) is 0 Å². The summed E-state index contributed by atoms with van der Waals surface area (Å²) in [6.07, 6.45) is 13.5. The second-order valence-electron chi connectivity index (χ2n) is 22.7. The van der Waals surface area contributed by atoms with Gasteiger partial charge in [0.1, 0.15) is 0 Å². The van der Waals surface area contributed by atoms with Gasteiger partial charge in [-0.1, -0.05) is 226 Å². The second-order valence-corrected chi connectivity index (χ2v) is 26.1. The first-order chi connectivity index (χ1) is 51.9. The number of halogens is 3. The summed E-state index contributed by atoms with van der Waals surface area (Å²) in [4.78, 5) is 51.8. The fourth-order valence-corrected chi connectivity index (χ4v) is 11.4. The first-order valence-electron chi connectivity index (χ1n) is 32.3. The van der Waals surface area contributed by atoms with E-state index in [9.17, 15) is 18.0 Å². The lowest BCUT2D eigenvalue weighted by Crippen LogP contribution is -2.28. The Morgan fingerprint density at radius 1 is 0.421 bits per heavy atom. The summed E-state index contributed by atoms with van der Waals surface area (Å²) in [5.74, 6) is 0.947. The smallest absolute Gasteiger partial charge is 0.338 e. The maximum atomic E-state index is 12.4. The van der Waals surface area contributed by atoms with Crippen molar-refractivity contribution in [2.75, 3.05) is 60.5 Å². The zero-order valence-electron chi connectivity index (χ0n) is 56.5. The summed E-state index contributed by atoms with van der Waals surface area (Å²) in [5, 5.41) is 6.87. The van der Waals surface area contributed by atoms with E-state index in [1.165, 1.54) is 44.0 Å². The van der Waals surface area contributed by atoms with E-state index >= 15 is 0 Å². The molecule has 7 heterocycles. The molecule has 107 heavy (non-hydrogen) atoms. The van der Waals surface area contributed by atoms with Crippen molar-refractivity contribution >= 4 is 96.5 Å². The number of nitrogens with zero attached hydrogens (tertiary/aromatic N) is 12. The number of amides is 3. The molecule has 32 heteroatoms. The highest BCUT2D eigenvalue weighted by molar-refractivity contribution is 9.10. The third-order valence-electron chi connectivity index (χ3n) is 15.1. The van der Waals surface area contributed by atoms with Crippen LogP contribution in [0.5, 0.6) is 0 Å². The highest BCUT2D eigenvalue weighted by atomic mass is 79.9. The number of aromatic nitrogens is 12. The Morgan fingerprint density at radius 3 is 1.21 bits per heavy atom. The topological polar surface area (TPSA) is 399 Å². The van der Waals surface area contributed by atoms with E-state index in [0.29, 0.717) is 57.8 Å². The molecule has 3 amide bonds. The van der Waals surface area contributed by atoms with Crippen LogP contribution in [0.1, 0.15) is 21.7 Å². The second kappa shape index (κ2) is 36.0. The minimum Gasteiger partial charge on any atom is -0.368 e. The Kier molecular flexibility index (Phi) is 25.0. The summed E-state index contributed by atoms with van der Waals surface area (Å²) in [7, 11) is -3.75. The molecule has 0 spiro atoms. The molecule has 0 atom stereocenters. The van der Waals surface area contributed by atoms with Gasteiger partial charge in [-0.25, -0.2) is 63.4 Å². The van der Waals surface area contributed by atoms with Crippen LogP contribution in [0.4, 0.5) is 40.2 Å². The van der Waals surface area contributed by atoms with E-state index in [0.717, 1.165) is 49.2 Å². The quantitative estimate of drug-likeness (QED) is 0.0380. The van der Waals surface area contributed by atoms with Gasteiger partial charge in [0.05, 0.1) is 93.7 Å². The lowest BCUT2D eigenvalue weighted by Gasteiger charge is -2.09. The van der Waals surface area contributed by atoms with Crippen LogP contribution in [-0.2, 0) is 23.1 Å². The van der Waals surface area contributed by atoms with Gasteiger partial charge in [-0.2, -0.15) is 8.42 Å². The molecule has 0 radical (unpaired) electrons. The summed E-state index contributed by atoms with van der Waals surface area (Å²) in [6, 6.07) is 74.5. The summed E-state index contributed by atoms with van der Waals surface area (Å²) in [5.41, 5.74) is 52.1. The number of sulfonamides is 1. The number of imidazole rings is 5. The van der Waals surface area contributed by atoms with Crippen LogP contribution in [0.2, 0.25) is 10.0 Å². The summed E-state index contributed by atoms with van der Waals surface area (Å²) >= 11 is 15.0. The van der Waals surface area contributed by atoms with E-state index < -0.39 is 22.0 Å². The fraction of sp³-hybridized carbons (Fsp3) is 0.0267. The molecular weight excluding hydrogens is 1490 g/mol. The molecule has 0 aliphatic rings. The molecule has 16 N–H and O–H groups in total. The zero-order valence-corrected chi connectivity index (χ0v) is 60.4. The van der Waals surface area contributed by atoms with Gasteiger partial charge < -0.3 is 49.4 Å². The van der Waals surface area contributed by atoms with Gasteiger partial charge in [-0.05, 0) is 65.7 Å². The molecule has 7 aromatic heterocycles. The fourth-order valence-electron chi connectivity index (χ4n) is 9.80. The van der Waals surface area contributed by atoms with Gasteiger partial charge in [-0.15, -0.1) is 0 Å². The van der Waals surface area contributed by atoms with Gasteiger partial charge in [-0.3, -0.25) is 15.2 Å². The van der Waals surface area contributed by atoms with Crippen LogP contribution >= 0.6 is 39.1 Å². The Labute approximate surface area is 631 Å². The number of nitrogens with one attached hydrogen (secondary N) is 6. The minimum atomic E-state index is -3.75. The largest absolute Gasteiger partial charge is 0.368 e. The van der Waals surface area contributed by atoms with Crippen molar-refractivity contribution in [3.8, 4) is 56.3 Å². The normalized spacial score (nSPS) is 10.6. The number of hydrogen-bond donors (Lipinski definition) is 11. The molecule has 0 unspecified atom stereocenters. The Balaban J connectivity index is 0.000000134. The Bertz CT molecular complexity index is 5330. The van der Waals surface area contributed by atoms with E-state index in [-0.39, 0.29) is 28.5 Å². The van der Waals surface area contributed by atoms with E-state index in [1.54, 1.807) is 70.7 Å². The summed E-state index contributed by atoms with van der Waals surface area (Å²) < 4.78 is 37.7. The molecule has 8 aromatic carbocycles. The van der Waals surface area contributed by atoms with Crippen molar-refractivity contribution < 1.29 is 22.5 Å². The third kappa shape index (κ3) is 21.0. The number of pyridine rings is 1. The van der Waals surface area contributed by atoms with E-state index in [1.807, 2.05) is 194 Å². The number of benzene rings is 8. The number of rotatable bonds is 18. The number of urea groups is 1. The number of nitrogens with two attached hydrogens (primary N) is 5. The lowest BCUT2D eigenvalue weighted by molar-refractivity contribution is 0.0973. The van der Waals surface area contributed by atoms with E-state index in [2.05, 4.69) is 95.0 Å². The molecule has 0 saturated carbocycles. The van der Waals surface area contributed by atoms with Gasteiger partial charge >= 0.3 is 11.9 Å².